The Bertz CT molecular complexity index is 519. The fraction of sp³-hybridized carbons (Fsp3) is 0.429. The predicted octanol–water partition coefficient (Wildman–Crippen LogP) is 1.45. The number of amides is 1. The molecule has 1 fully saturated rings. The van der Waals surface area contributed by atoms with E-state index in [0.717, 1.165) is 0 Å². The van der Waals surface area contributed by atoms with E-state index in [1.165, 1.54) is 16.7 Å². The molecule has 1 aliphatic rings. The van der Waals surface area contributed by atoms with Crippen LogP contribution in [-0.2, 0) is 9.59 Å². The molecule has 0 radical (unpaired) electrons. The first kappa shape index (κ1) is 15.5. The van der Waals surface area contributed by atoms with E-state index in [0.29, 0.717) is 23.1 Å². The van der Waals surface area contributed by atoms with E-state index in [9.17, 15) is 9.59 Å². The van der Waals surface area contributed by atoms with E-state index >= 15 is 0 Å². The van der Waals surface area contributed by atoms with E-state index in [2.05, 4.69) is 0 Å². The van der Waals surface area contributed by atoms with Crippen LogP contribution in [0.25, 0.3) is 0 Å². The Morgan fingerprint density at radius 2 is 1.95 bits per heavy atom. The normalized spacial score (nSPS) is 19.1. The third kappa shape index (κ3) is 3.60. The molecular formula is C14H17NO5S. The molecule has 0 saturated carbocycles. The maximum absolute atomic E-state index is 12.3. The Labute approximate surface area is 127 Å². The van der Waals surface area contributed by atoms with Crippen LogP contribution >= 0.6 is 11.8 Å². The standard InChI is InChI=1S/C14H17NO5S/c1-9(20-11-5-3-10(19-2)4-6-11)13(16)15-8-21-7-12(15)14(17)18/h3-6,9,12H,7-8H2,1-2H3,(H,17,18)/t9?,12-/m0/s1. The molecule has 1 aromatic carbocycles. The first-order valence-electron chi connectivity index (χ1n) is 6.44. The summed E-state index contributed by atoms with van der Waals surface area (Å²) < 4.78 is 10.6. The number of nitrogens with zero attached hydrogens (tertiary/aromatic N) is 1. The number of carbonyl (C=O) groups is 2. The third-order valence-electron chi connectivity index (χ3n) is 3.17. The van der Waals surface area contributed by atoms with Gasteiger partial charge in [0.05, 0.1) is 13.0 Å². The third-order valence-corrected chi connectivity index (χ3v) is 4.18. The van der Waals surface area contributed by atoms with Crippen molar-refractivity contribution in [3.05, 3.63) is 24.3 Å². The van der Waals surface area contributed by atoms with Gasteiger partial charge in [-0.3, -0.25) is 4.79 Å². The van der Waals surface area contributed by atoms with Crippen LogP contribution in [0.3, 0.4) is 0 Å². The number of hydrogen-bond acceptors (Lipinski definition) is 5. The van der Waals surface area contributed by atoms with E-state index < -0.39 is 18.1 Å². The number of rotatable bonds is 5. The molecule has 7 heteroatoms. The van der Waals surface area contributed by atoms with E-state index in [-0.39, 0.29) is 5.91 Å². The molecule has 1 aromatic rings. The van der Waals surface area contributed by atoms with E-state index in [4.69, 9.17) is 14.6 Å². The molecule has 1 N–H and O–H groups in total. The molecule has 2 atom stereocenters. The van der Waals surface area contributed by atoms with Crippen molar-refractivity contribution in [2.75, 3.05) is 18.7 Å². The van der Waals surface area contributed by atoms with Crippen LogP contribution in [0.15, 0.2) is 24.3 Å². The lowest BCUT2D eigenvalue weighted by Crippen LogP contribution is -2.47. The second-order valence-corrected chi connectivity index (χ2v) is 5.60. The number of ether oxygens (including phenoxy) is 2. The summed E-state index contributed by atoms with van der Waals surface area (Å²) in [4.78, 5) is 24.7. The number of aliphatic carboxylic acids is 1. The Morgan fingerprint density at radius 1 is 1.33 bits per heavy atom. The predicted molar refractivity (Wildman–Crippen MR) is 78.7 cm³/mol. The van der Waals surface area contributed by atoms with Crippen LogP contribution in [0, 0.1) is 0 Å². The van der Waals surface area contributed by atoms with Gasteiger partial charge in [0.15, 0.2) is 6.10 Å². The first-order valence-corrected chi connectivity index (χ1v) is 7.60. The summed E-state index contributed by atoms with van der Waals surface area (Å²) in [6, 6.07) is 6.10. The fourth-order valence-electron chi connectivity index (χ4n) is 2.01. The summed E-state index contributed by atoms with van der Waals surface area (Å²) in [5, 5.41) is 9.10. The minimum atomic E-state index is -0.981. The highest BCUT2D eigenvalue weighted by molar-refractivity contribution is 7.99. The lowest BCUT2D eigenvalue weighted by Gasteiger charge is -2.24. The average Bonchev–Trinajstić information content (AvgIpc) is 2.96. The topological polar surface area (TPSA) is 76.1 Å². The molecule has 6 nitrogen and oxygen atoms in total. The monoisotopic (exact) mass is 311 g/mol. The van der Waals surface area contributed by atoms with Crippen LogP contribution in [-0.4, -0.2) is 52.8 Å². The van der Waals surface area contributed by atoms with Gasteiger partial charge >= 0.3 is 5.97 Å². The highest BCUT2D eigenvalue weighted by Crippen LogP contribution is 2.24. The molecule has 1 saturated heterocycles. The molecule has 0 aliphatic carbocycles. The van der Waals surface area contributed by atoms with Gasteiger partial charge < -0.3 is 19.5 Å². The zero-order valence-corrected chi connectivity index (χ0v) is 12.6. The number of thioether (sulfide) groups is 1. The maximum Gasteiger partial charge on any atom is 0.327 e. The van der Waals surface area contributed by atoms with Gasteiger partial charge in [-0.25, -0.2) is 4.79 Å². The Balaban J connectivity index is 2.00. The lowest BCUT2D eigenvalue weighted by molar-refractivity contribution is -0.150. The molecule has 0 bridgehead atoms. The summed E-state index contributed by atoms with van der Waals surface area (Å²) in [7, 11) is 1.57. The van der Waals surface area contributed by atoms with Crippen LogP contribution in [0.4, 0.5) is 0 Å². The summed E-state index contributed by atoms with van der Waals surface area (Å²) in [6.07, 6.45) is -0.737. The molecule has 114 valence electrons. The summed E-state index contributed by atoms with van der Waals surface area (Å²) in [5.74, 6) is 0.731. The minimum Gasteiger partial charge on any atom is -0.497 e. The highest BCUT2D eigenvalue weighted by Gasteiger charge is 2.37. The van der Waals surface area contributed by atoms with Crippen molar-refractivity contribution in [2.45, 2.75) is 19.1 Å². The van der Waals surface area contributed by atoms with Crippen molar-refractivity contribution in [2.24, 2.45) is 0 Å². The van der Waals surface area contributed by atoms with Gasteiger partial charge in [-0.15, -0.1) is 11.8 Å². The minimum absolute atomic E-state index is 0.316. The van der Waals surface area contributed by atoms with Crippen molar-refractivity contribution in [1.82, 2.24) is 4.90 Å². The molecule has 1 heterocycles. The van der Waals surface area contributed by atoms with Gasteiger partial charge in [-0.1, -0.05) is 0 Å². The summed E-state index contributed by atoms with van der Waals surface area (Å²) >= 11 is 1.43. The SMILES string of the molecule is COc1ccc(OC(C)C(=O)N2CSC[C@H]2C(=O)O)cc1. The largest absolute Gasteiger partial charge is 0.497 e. The molecule has 0 spiro atoms. The smallest absolute Gasteiger partial charge is 0.327 e. The second kappa shape index (κ2) is 6.71. The lowest BCUT2D eigenvalue weighted by atomic mass is 10.2. The molecule has 2 rings (SSSR count). The maximum atomic E-state index is 12.3. The van der Waals surface area contributed by atoms with E-state index in [1.54, 1.807) is 38.3 Å². The number of carboxylic acids is 1. The zero-order valence-electron chi connectivity index (χ0n) is 11.8. The first-order chi connectivity index (χ1) is 10.0. The van der Waals surface area contributed by atoms with Crippen molar-refractivity contribution < 1.29 is 24.2 Å². The van der Waals surface area contributed by atoms with Crippen LogP contribution in [0.2, 0.25) is 0 Å². The second-order valence-electron chi connectivity index (χ2n) is 4.60. The zero-order chi connectivity index (χ0) is 15.4. The molecular weight excluding hydrogens is 294 g/mol. The quantitative estimate of drug-likeness (QED) is 0.887. The number of hydrogen-bond donors (Lipinski definition) is 1. The van der Waals surface area contributed by atoms with Crippen LogP contribution in [0.1, 0.15) is 6.92 Å². The molecule has 1 amide bonds. The van der Waals surface area contributed by atoms with Crippen molar-refractivity contribution in [3.8, 4) is 11.5 Å². The molecule has 0 aromatic heterocycles. The van der Waals surface area contributed by atoms with Gasteiger partial charge in [-0.2, -0.15) is 0 Å². The molecule has 21 heavy (non-hydrogen) atoms. The highest BCUT2D eigenvalue weighted by atomic mass is 32.2. The molecule has 1 aliphatic heterocycles. The fourth-order valence-corrected chi connectivity index (χ4v) is 3.16. The van der Waals surface area contributed by atoms with Gasteiger partial charge in [0.25, 0.3) is 5.91 Å². The van der Waals surface area contributed by atoms with Crippen molar-refractivity contribution in [1.29, 1.82) is 0 Å². The Morgan fingerprint density at radius 3 is 2.52 bits per heavy atom. The van der Waals surface area contributed by atoms with Crippen LogP contribution < -0.4 is 9.47 Å². The summed E-state index contributed by atoms with van der Waals surface area (Å²) in [5.41, 5.74) is 0. The Kier molecular flexibility index (Phi) is 4.95. The van der Waals surface area contributed by atoms with Gasteiger partial charge in [0, 0.05) is 5.75 Å². The Hall–Kier alpha value is -1.89. The number of benzene rings is 1. The number of carboxylic acid groups (broad SMARTS) is 1. The number of carbonyl (C=O) groups excluding carboxylic acids is 1. The summed E-state index contributed by atoms with van der Waals surface area (Å²) in [6.45, 7) is 1.62. The van der Waals surface area contributed by atoms with Crippen molar-refractivity contribution in [3.63, 3.8) is 0 Å². The van der Waals surface area contributed by atoms with Crippen molar-refractivity contribution >= 4 is 23.6 Å². The van der Waals surface area contributed by atoms with E-state index in [1.807, 2.05) is 0 Å². The van der Waals surface area contributed by atoms with Gasteiger partial charge in [0.1, 0.15) is 17.5 Å². The number of methoxy groups -OCH3 is 1. The average molecular weight is 311 g/mol. The van der Waals surface area contributed by atoms with Crippen LogP contribution in [0.5, 0.6) is 11.5 Å². The van der Waals surface area contributed by atoms with Gasteiger partial charge in [0.2, 0.25) is 0 Å². The molecule has 1 unspecified atom stereocenters. The van der Waals surface area contributed by atoms with Gasteiger partial charge in [-0.05, 0) is 31.2 Å².